The molecule has 1 amide bonds. The average molecular weight is 492 g/mol. The molecule has 0 bridgehead atoms. The summed E-state index contributed by atoms with van der Waals surface area (Å²) >= 11 is 1.67. The maximum absolute atomic E-state index is 13.5. The predicted octanol–water partition coefficient (Wildman–Crippen LogP) is 4.82. The summed E-state index contributed by atoms with van der Waals surface area (Å²) in [5.41, 5.74) is 1.70. The fourth-order valence-electron chi connectivity index (χ4n) is 3.90. The number of ether oxygens (including phenoxy) is 2. The Balaban J connectivity index is 1.28. The first-order valence-corrected chi connectivity index (χ1v) is 12.1. The predicted molar refractivity (Wildman–Crippen MR) is 135 cm³/mol. The molecule has 0 radical (unpaired) electrons. The van der Waals surface area contributed by atoms with Crippen molar-refractivity contribution >= 4 is 23.3 Å². The molecule has 180 valence electrons. The van der Waals surface area contributed by atoms with Gasteiger partial charge in [0.15, 0.2) is 18.1 Å². The number of nitrogens with zero attached hydrogens (tertiary/aromatic N) is 3. The minimum atomic E-state index is -0.229. The Morgan fingerprint density at radius 3 is 2.69 bits per heavy atom. The number of carbonyl (C=O) groups excluding carboxylic acids is 1. The van der Waals surface area contributed by atoms with Crippen LogP contribution in [-0.2, 0) is 11.3 Å². The van der Waals surface area contributed by atoms with Gasteiger partial charge < -0.3 is 14.4 Å². The van der Waals surface area contributed by atoms with E-state index in [2.05, 4.69) is 11.0 Å². The number of carbonyl (C=O) groups is 1. The second-order valence-corrected chi connectivity index (χ2v) is 9.24. The molecule has 1 saturated heterocycles. The first-order valence-electron chi connectivity index (χ1n) is 11.3. The van der Waals surface area contributed by atoms with Crippen molar-refractivity contribution in [3.63, 3.8) is 0 Å². The molecule has 3 aromatic rings. The summed E-state index contributed by atoms with van der Waals surface area (Å²) in [6, 6.07) is 18.0. The summed E-state index contributed by atoms with van der Waals surface area (Å²) in [6.45, 7) is 3.68. The van der Waals surface area contributed by atoms with Crippen LogP contribution in [0.15, 0.2) is 60.7 Å². The van der Waals surface area contributed by atoms with Crippen molar-refractivity contribution in [2.24, 2.45) is 0 Å². The SMILES string of the molecule is COc1cc(/C=C/C(=O)N2CCN(Cc3ccc(-c4cccc(F)c4)s3)CC2)ccc1OCC#N. The third-order valence-corrected chi connectivity index (χ3v) is 6.85. The molecule has 1 aromatic heterocycles. The van der Waals surface area contributed by atoms with Crippen molar-refractivity contribution in [1.82, 2.24) is 9.80 Å². The summed E-state index contributed by atoms with van der Waals surface area (Å²) in [4.78, 5) is 19.1. The lowest BCUT2D eigenvalue weighted by atomic mass is 10.2. The van der Waals surface area contributed by atoms with Crippen molar-refractivity contribution in [3.05, 3.63) is 76.9 Å². The average Bonchev–Trinajstić information content (AvgIpc) is 3.35. The highest BCUT2D eigenvalue weighted by atomic mass is 32.1. The lowest BCUT2D eigenvalue weighted by molar-refractivity contribution is -0.127. The molecule has 0 unspecified atom stereocenters. The fourth-order valence-corrected chi connectivity index (χ4v) is 4.94. The van der Waals surface area contributed by atoms with Gasteiger partial charge in [0.05, 0.1) is 7.11 Å². The van der Waals surface area contributed by atoms with E-state index >= 15 is 0 Å². The number of amides is 1. The molecule has 8 heteroatoms. The van der Waals surface area contributed by atoms with Gasteiger partial charge in [0, 0.05) is 48.6 Å². The van der Waals surface area contributed by atoms with E-state index in [1.807, 2.05) is 29.2 Å². The molecule has 0 aliphatic carbocycles. The van der Waals surface area contributed by atoms with Crippen LogP contribution in [0.3, 0.4) is 0 Å². The van der Waals surface area contributed by atoms with Gasteiger partial charge in [-0.3, -0.25) is 9.69 Å². The number of piperazine rings is 1. The Morgan fingerprint density at radius 2 is 1.94 bits per heavy atom. The van der Waals surface area contributed by atoms with Gasteiger partial charge in [-0.05, 0) is 53.6 Å². The highest BCUT2D eigenvalue weighted by Gasteiger charge is 2.20. The monoisotopic (exact) mass is 491 g/mol. The van der Waals surface area contributed by atoms with Crippen LogP contribution in [0.5, 0.6) is 11.5 Å². The Morgan fingerprint density at radius 1 is 1.11 bits per heavy atom. The zero-order valence-corrected chi connectivity index (χ0v) is 20.3. The molecule has 4 rings (SSSR count). The molecule has 1 aliphatic heterocycles. The van der Waals surface area contributed by atoms with Gasteiger partial charge in [-0.15, -0.1) is 11.3 Å². The van der Waals surface area contributed by atoms with Crippen molar-refractivity contribution in [2.75, 3.05) is 39.9 Å². The zero-order chi connectivity index (χ0) is 24.6. The second-order valence-electron chi connectivity index (χ2n) is 8.07. The van der Waals surface area contributed by atoms with E-state index in [0.29, 0.717) is 24.6 Å². The maximum Gasteiger partial charge on any atom is 0.246 e. The molecular weight excluding hydrogens is 465 g/mol. The van der Waals surface area contributed by atoms with E-state index in [-0.39, 0.29) is 18.3 Å². The summed E-state index contributed by atoms with van der Waals surface area (Å²) in [5.74, 6) is 0.742. The smallest absolute Gasteiger partial charge is 0.246 e. The van der Waals surface area contributed by atoms with Crippen molar-refractivity contribution < 1.29 is 18.7 Å². The molecule has 0 spiro atoms. The van der Waals surface area contributed by atoms with Crippen LogP contribution in [0.1, 0.15) is 10.4 Å². The third kappa shape index (κ3) is 6.47. The third-order valence-electron chi connectivity index (χ3n) is 5.73. The summed E-state index contributed by atoms with van der Waals surface area (Å²) in [7, 11) is 1.53. The molecule has 0 atom stereocenters. The van der Waals surface area contributed by atoms with Gasteiger partial charge in [0.2, 0.25) is 5.91 Å². The Labute approximate surface area is 208 Å². The minimum absolute atomic E-state index is 0.0297. The number of hydrogen-bond acceptors (Lipinski definition) is 6. The zero-order valence-electron chi connectivity index (χ0n) is 19.4. The summed E-state index contributed by atoms with van der Waals surface area (Å²) in [5, 5.41) is 8.67. The van der Waals surface area contributed by atoms with Crippen molar-refractivity contribution in [1.29, 1.82) is 5.26 Å². The van der Waals surface area contributed by atoms with E-state index in [9.17, 15) is 9.18 Å². The van der Waals surface area contributed by atoms with Crippen LogP contribution in [0.25, 0.3) is 16.5 Å². The first kappa shape index (κ1) is 24.5. The first-order chi connectivity index (χ1) is 17.1. The van der Waals surface area contributed by atoms with E-state index in [1.54, 1.807) is 47.8 Å². The topological polar surface area (TPSA) is 65.8 Å². The van der Waals surface area contributed by atoms with Crippen molar-refractivity contribution in [3.8, 4) is 28.0 Å². The Kier molecular flexibility index (Phi) is 8.14. The van der Waals surface area contributed by atoms with Gasteiger partial charge in [0.1, 0.15) is 11.9 Å². The molecular formula is C27H26FN3O3S. The Bertz CT molecular complexity index is 1240. The fraction of sp³-hybridized carbons (Fsp3) is 0.259. The van der Waals surface area contributed by atoms with Crippen molar-refractivity contribution in [2.45, 2.75) is 6.54 Å². The molecule has 2 heterocycles. The highest BCUT2D eigenvalue weighted by Crippen LogP contribution is 2.30. The molecule has 0 saturated carbocycles. The molecule has 1 aliphatic rings. The van der Waals surface area contributed by atoms with E-state index < -0.39 is 0 Å². The number of benzene rings is 2. The van der Waals surface area contributed by atoms with Gasteiger partial charge in [-0.2, -0.15) is 5.26 Å². The lowest BCUT2D eigenvalue weighted by Gasteiger charge is -2.34. The van der Waals surface area contributed by atoms with Gasteiger partial charge >= 0.3 is 0 Å². The van der Waals surface area contributed by atoms with Crippen LogP contribution >= 0.6 is 11.3 Å². The number of hydrogen-bond donors (Lipinski definition) is 0. The lowest BCUT2D eigenvalue weighted by Crippen LogP contribution is -2.47. The number of methoxy groups -OCH3 is 1. The largest absolute Gasteiger partial charge is 0.493 e. The number of rotatable bonds is 8. The van der Waals surface area contributed by atoms with Crippen LogP contribution in [0.4, 0.5) is 4.39 Å². The van der Waals surface area contributed by atoms with E-state index in [0.717, 1.165) is 35.6 Å². The molecule has 35 heavy (non-hydrogen) atoms. The second kappa shape index (κ2) is 11.6. The molecule has 2 aromatic carbocycles. The van der Waals surface area contributed by atoms with E-state index in [1.165, 1.54) is 18.1 Å². The molecule has 6 nitrogen and oxygen atoms in total. The maximum atomic E-state index is 13.5. The summed E-state index contributed by atoms with van der Waals surface area (Å²) in [6.07, 6.45) is 3.33. The van der Waals surface area contributed by atoms with Gasteiger partial charge in [-0.1, -0.05) is 18.2 Å². The Hall–Kier alpha value is -3.67. The van der Waals surface area contributed by atoms with Crippen LogP contribution in [-0.4, -0.2) is 55.6 Å². The molecule has 0 N–H and O–H groups in total. The van der Waals surface area contributed by atoms with Gasteiger partial charge in [-0.25, -0.2) is 4.39 Å². The van der Waals surface area contributed by atoms with E-state index in [4.69, 9.17) is 14.7 Å². The number of nitriles is 1. The summed E-state index contributed by atoms with van der Waals surface area (Å²) < 4.78 is 24.2. The quantitative estimate of drug-likeness (QED) is 0.423. The van der Waals surface area contributed by atoms with Crippen LogP contribution in [0.2, 0.25) is 0 Å². The molecule has 1 fully saturated rings. The minimum Gasteiger partial charge on any atom is -0.493 e. The normalized spacial score (nSPS) is 14.1. The van der Waals surface area contributed by atoms with Crippen LogP contribution < -0.4 is 9.47 Å². The standard InChI is InChI=1S/C27H26FN3O3S/c1-33-25-17-20(5-8-24(25)34-16-11-29)6-10-27(32)31-14-12-30(13-15-31)19-23-7-9-26(35-23)21-3-2-4-22(28)18-21/h2-10,17-18H,12-16,19H2,1H3/b10-6+. The van der Waals surface area contributed by atoms with Gasteiger partial charge in [0.25, 0.3) is 0 Å². The van der Waals surface area contributed by atoms with Crippen LogP contribution in [0, 0.1) is 17.1 Å². The highest BCUT2D eigenvalue weighted by molar-refractivity contribution is 7.15. The number of halogens is 1. The number of thiophene rings is 1.